The molecule has 0 aromatic rings. The first-order chi connectivity index (χ1) is 4.18. The summed E-state index contributed by atoms with van der Waals surface area (Å²) in [4.78, 5) is 9.25. The van der Waals surface area contributed by atoms with Gasteiger partial charge in [0, 0.05) is 6.92 Å². The Balaban J connectivity index is 0. The summed E-state index contributed by atoms with van der Waals surface area (Å²) in [7, 11) is 0. The van der Waals surface area contributed by atoms with Crippen LogP contribution in [-0.2, 0) is 0 Å². The van der Waals surface area contributed by atoms with Gasteiger partial charge in [-0.1, -0.05) is 13.8 Å². The standard InChI is InChI=1S/C4H7NO2.C2H6/c1-3-4(2)5(6)7;1-2/h3H,1-2H3;1-2H3/b4-3+;. The quantitative estimate of drug-likeness (QED) is 0.404. The topological polar surface area (TPSA) is 43.1 Å². The van der Waals surface area contributed by atoms with Crippen molar-refractivity contribution in [2.24, 2.45) is 0 Å². The maximum atomic E-state index is 9.67. The number of allylic oxidation sites excluding steroid dienone is 2. The van der Waals surface area contributed by atoms with Crippen molar-refractivity contribution < 1.29 is 4.92 Å². The minimum absolute atomic E-state index is 0.194. The van der Waals surface area contributed by atoms with E-state index in [2.05, 4.69) is 0 Å². The summed E-state index contributed by atoms with van der Waals surface area (Å²) in [5, 5.41) is 9.67. The lowest BCUT2D eigenvalue weighted by molar-refractivity contribution is -0.424. The van der Waals surface area contributed by atoms with Crippen LogP contribution in [0.15, 0.2) is 11.8 Å². The minimum Gasteiger partial charge on any atom is -0.259 e. The van der Waals surface area contributed by atoms with Gasteiger partial charge in [-0.3, -0.25) is 10.1 Å². The van der Waals surface area contributed by atoms with Gasteiger partial charge in [0.15, 0.2) is 0 Å². The normalized spacial score (nSPS) is 9.56. The lowest BCUT2D eigenvalue weighted by Gasteiger charge is -1.81. The second kappa shape index (κ2) is 7.14. The molecule has 0 atom stereocenters. The van der Waals surface area contributed by atoms with Gasteiger partial charge >= 0.3 is 0 Å². The first-order valence-corrected chi connectivity index (χ1v) is 2.95. The van der Waals surface area contributed by atoms with Gasteiger partial charge in [0.05, 0.1) is 4.92 Å². The molecular weight excluding hydrogens is 118 g/mol. The number of hydrogen-bond acceptors (Lipinski definition) is 2. The van der Waals surface area contributed by atoms with Crippen molar-refractivity contribution >= 4 is 0 Å². The van der Waals surface area contributed by atoms with E-state index in [-0.39, 0.29) is 5.70 Å². The molecule has 3 heteroatoms. The van der Waals surface area contributed by atoms with Crippen molar-refractivity contribution in [3.05, 3.63) is 21.9 Å². The van der Waals surface area contributed by atoms with Crippen LogP contribution < -0.4 is 0 Å². The Morgan fingerprint density at radius 1 is 1.56 bits per heavy atom. The molecule has 0 aliphatic rings. The zero-order valence-corrected chi connectivity index (χ0v) is 6.34. The minimum atomic E-state index is -0.417. The molecule has 0 saturated heterocycles. The fraction of sp³-hybridized carbons (Fsp3) is 0.667. The van der Waals surface area contributed by atoms with Crippen LogP contribution in [-0.4, -0.2) is 4.92 Å². The van der Waals surface area contributed by atoms with Crippen LogP contribution in [0.4, 0.5) is 0 Å². The second-order valence-corrected chi connectivity index (χ2v) is 1.19. The van der Waals surface area contributed by atoms with Crippen LogP contribution in [0.25, 0.3) is 0 Å². The SMILES string of the molecule is C/C=C(\C)[N+](=O)[O-].CC. The highest BCUT2D eigenvalue weighted by Gasteiger charge is 1.94. The molecule has 0 rings (SSSR count). The summed E-state index contributed by atoms with van der Waals surface area (Å²) in [6, 6.07) is 0. The average Bonchev–Trinajstić information content (AvgIpc) is 1.91. The van der Waals surface area contributed by atoms with E-state index in [4.69, 9.17) is 0 Å². The summed E-state index contributed by atoms with van der Waals surface area (Å²) in [5.41, 5.74) is 0.194. The average molecular weight is 131 g/mol. The van der Waals surface area contributed by atoms with Gasteiger partial charge in [-0.2, -0.15) is 0 Å². The molecule has 0 saturated carbocycles. The Labute approximate surface area is 55.5 Å². The summed E-state index contributed by atoms with van der Waals surface area (Å²) < 4.78 is 0. The monoisotopic (exact) mass is 131 g/mol. The lowest BCUT2D eigenvalue weighted by Crippen LogP contribution is -1.91. The third kappa shape index (κ3) is 7.14. The fourth-order valence-electron chi connectivity index (χ4n) is 0.105. The van der Waals surface area contributed by atoms with Crippen molar-refractivity contribution in [3.63, 3.8) is 0 Å². The number of nitro groups is 1. The number of hydrogen-bond donors (Lipinski definition) is 0. The molecule has 0 fully saturated rings. The van der Waals surface area contributed by atoms with Crippen molar-refractivity contribution in [1.82, 2.24) is 0 Å². The van der Waals surface area contributed by atoms with Crippen LogP contribution in [0, 0.1) is 10.1 Å². The molecular formula is C6H13NO2. The van der Waals surface area contributed by atoms with E-state index in [9.17, 15) is 10.1 Å². The Hall–Kier alpha value is -0.860. The molecule has 0 N–H and O–H groups in total. The molecule has 0 aromatic carbocycles. The molecule has 0 aliphatic carbocycles. The van der Waals surface area contributed by atoms with Crippen LogP contribution in [0.5, 0.6) is 0 Å². The summed E-state index contributed by atoms with van der Waals surface area (Å²) >= 11 is 0. The maximum Gasteiger partial charge on any atom is 0.238 e. The smallest absolute Gasteiger partial charge is 0.238 e. The first-order valence-electron chi connectivity index (χ1n) is 2.95. The van der Waals surface area contributed by atoms with Crippen LogP contribution in [0.3, 0.4) is 0 Å². The summed E-state index contributed by atoms with van der Waals surface area (Å²) in [5.74, 6) is 0. The maximum absolute atomic E-state index is 9.67. The molecule has 54 valence electrons. The van der Waals surface area contributed by atoms with E-state index >= 15 is 0 Å². The van der Waals surface area contributed by atoms with E-state index in [1.54, 1.807) is 6.92 Å². The van der Waals surface area contributed by atoms with Gasteiger partial charge in [0.25, 0.3) is 0 Å². The fourth-order valence-corrected chi connectivity index (χ4v) is 0.105. The molecule has 0 amide bonds. The molecule has 9 heavy (non-hydrogen) atoms. The van der Waals surface area contributed by atoms with Gasteiger partial charge < -0.3 is 0 Å². The Morgan fingerprint density at radius 2 is 1.89 bits per heavy atom. The third-order valence-electron chi connectivity index (χ3n) is 0.706. The molecule has 0 aliphatic heterocycles. The highest BCUT2D eigenvalue weighted by Crippen LogP contribution is 1.88. The summed E-state index contributed by atoms with van der Waals surface area (Å²) in [6.45, 7) is 7.10. The second-order valence-electron chi connectivity index (χ2n) is 1.19. The van der Waals surface area contributed by atoms with E-state index in [1.165, 1.54) is 13.0 Å². The Kier molecular flexibility index (Phi) is 8.73. The molecule has 0 aromatic heterocycles. The largest absolute Gasteiger partial charge is 0.259 e. The zero-order valence-electron chi connectivity index (χ0n) is 6.34. The van der Waals surface area contributed by atoms with E-state index in [0.717, 1.165) is 0 Å². The van der Waals surface area contributed by atoms with Crippen molar-refractivity contribution in [1.29, 1.82) is 0 Å². The first kappa shape index (κ1) is 11.0. The highest BCUT2D eigenvalue weighted by atomic mass is 16.6. The highest BCUT2D eigenvalue weighted by molar-refractivity contribution is 4.81. The number of rotatable bonds is 1. The zero-order chi connectivity index (χ0) is 7.86. The molecule has 0 unspecified atom stereocenters. The molecule has 0 bridgehead atoms. The third-order valence-corrected chi connectivity index (χ3v) is 0.706. The van der Waals surface area contributed by atoms with Crippen molar-refractivity contribution in [2.45, 2.75) is 27.7 Å². The van der Waals surface area contributed by atoms with E-state index in [0.29, 0.717) is 0 Å². The Bertz CT molecular complexity index is 108. The predicted octanol–water partition coefficient (Wildman–Crippen LogP) is 2.21. The Morgan fingerprint density at radius 3 is 1.89 bits per heavy atom. The van der Waals surface area contributed by atoms with Crippen LogP contribution >= 0.6 is 0 Å². The van der Waals surface area contributed by atoms with Gasteiger partial charge in [-0.25, -0.2) is 0 Å². The van der Waals surface area contributed by atoms with Crippen LogP contribution in [0.1, 0.15) is 27.7 Å². The van der Waals surface area contributed by atoms with Gasteiger partial charge in [0.1, 0.15) is 0 Å². The van der Waals surface area contributed by atoms with Crippen molar-refractivity contribution in [2.75, 3.05) is 0 Å². The molecule has 0 radical (unpaired) electrons. The lowest BCUT2D eigenvalue weighted by atomic mass is 10.5. The van der Waals surface area contributed by atoms with Gasteiger partial charge in [-0.15, -0.1) is 0 Å². The molecule has 0 heterocycles. The molecule has 0 spiro atoms. The summed E-state index contributed by atoms with van der Waals surface area (Å²) in [6.07, 6.45) is 1.46. The van der Waals surface area contributed by atoms with E-state index < -0.39 is 4.92 Å². The predicted molar refractivity (Wildman–Crippen MR) is 37.8 cm³/mol. The molecule has 3 nitrogen and oxygen atoms in total. The van der Waals surface area contributed by atoms with Crippen molar-refractivity contribution in [3.8, 4) is 0 Å². The van der Waals surface area contributed by atoms with E-state index in [1.807, 2.05) is 13.8 Å². The van der Waals surface area contributed by atoms with Crippen LogP contribution in [0.2, 0.25) is 0 Å². The van der Waals surface area contributed by atoms with Gasteiger partial charge in [0.2, 0.25) is 5.70 Å². The van der Waals surface area contributed by atoms with Gasteiger partial charge in [-0.05, 0) is 13.0 Å². The number of nitrogens with zero attached hydrogens (tertiary/aromatic N) is 1.